The van der Waals surface area contributed by atoms with Gasteiger partial charge in [0.2, 0.25) is 11.6 Å². The van der Waals surface area contributed by atoms with E-state index in [4.69, 9.17) is 0 Å². The van der Waals surface area contributed by atoms with E-state index in [9.17, 15) is 19.2 Å². The second-order valence-corrected chi connectivity index (χ2v) is 7.66. The third-order valence-corrected chi connectivity index (χ3v) is 5.78. The van der Waals surface area contributed by atoms with Gasteiger partial charge in [0, 0.05) is 22.3 Å². The molecule has 4 aromatic rings. The van der Waals surface area contributed by atoms with Crippen LogP contribution < -0.4 is 0 Å². The summed E-state index contributed by atoms with van der Waals surface area (Å²) in [5.74, 6) is -1.07. The van der Waals surface area contributed by atoms with Crippen LogP contribution in [-0.4, -0.2) is 24.1 Å². The third-order valence-electron chi connectivity index (χ3n) is 5.78. The number of Topliss-reactive ketones (excluding diaryl/α,β-unsaturated/α-hetero) is 2. The first-order valence-corrected chi connectivity index (χ1v) is 10.1. The van der Waals surface area contributed by atoms with Crippen LogP contribution in [0.3, 0.4) is 0 Å². The van der Waals surface area contributed by atoms with Gasteiger partial charge in [0.05, 0.1) is 0 Å². The lowest BCUT2D eigenvalue weighted by Gasteiger charge is -2.20. The SMILES string of the molecule is O=Cc1ccc(-c2ccc3c(c2)C(=O)C(=O)c2cc(-c4ccc(C=O)cc4)ccc2-3)cc1. The van der Waals surface area contributed by atoms with Crippen LogP contribution in [-0.2, 0) is 0 Å². The first kappa shape index (κ1) is 19.5. The minimum absolute atomic E-state index is 0.377. The molecule has 0 amide bonds. The van der Waals surface area contributed by atoms with Crippen LogP contribution in [0.4, 0.5) is 0 Å². The number of ketones is 2. The Morgan fingerprint density at radius 2 is 0.750 bits per heavy atom. The second-order valence-electron chi connectivity index (χ2n) is 7.66. The Bertz CT molecular complexity index is 1300. The zero-order chi connectivity index (χ0) is 22.2. The largest absolute Gasteiger partial charge is 0.298 e. The molecule has 0 aliphatic heterocycles. The highest BCUT2D eigenvalue weighted by atomic mass is 16.2. The minimum Gasteiger partial charge on any atom is -0.298 e. The number of aldehydes is 2. The summed E-state index contributed by atoms with van der Waals surface area (Å²) >= 11 is 0. The number of rotatable bonds is 4. The lowest BCUT2D eigenvalue weighted by atomic mass is 9.81. The van der Waals surface area contributed by atoms with E-state index in [0.717, 1.165) is 46.0 Å². The molecular weight excluding hydrogens is 400 g/mol. The molecule has 0 atom stereocenters. The van der Waals surface area contributed by atoms with Crippen LogP contribution >= 0.6 is 0 Å². The van der Waals surface area contributed by atoms with Gasteiger partial charge in [-0.2, -0.15) is 0 Å². The maximum Gasteiger partial charge on any atom is 0.234 e. The molecule has 4 nitrogen and oxygen atoms in total. The Kier molecular flexibility index (Phi) is 4.68. The minimum atomic E-state index is -0.535. The molecule has 0 fully saturated rings. The number of fused-ring (bicyclic) bond motifs is 3. The molecule has 0 spiro atoms. The fourth-order valence-corrected chi connectivity index (χ4v) is 4.05. The number of carbonyl (C=O) groups excluding carboxylic acids is 4. The zero-order valence-corrected chi connectivity index (χ0v) is 16.9. The third kappa shape index (κ3) is 3.19. The molecule has 0 aromatic heterocycles. The summed E-state index contributed by atoms with van der Waals surface area (Å²) < 4.78 is 0. The highest BCUT2D eigenvalue weighted by molar-refractivity contribution is 6.53. The van der Waals surface area contributed by atoms with Gasteiger partial charge in [0.25, 0.3) is 0 Å². The van der Waals surface area contributed by atoms with E-state index in [2.05, 4.69) is 0 Å². The van der Waals surface area contributed by atoms with Gasteiger partial charge < -0.3 is 0 Å². The van der Waals surface area contributed by atoms with Crippen molar-refractivity contribution in [2.24, 2.45) is 0 Å². The van der Waals surface area contributed by atoms with Gasteiger partial charge in [-0.05, 0) is 45.5 Å². The van der Waals surface area contributed by atoms with Crippen molar-refractivity contribution in [2.75, 3.05) is 0 Å². The molecule has 152 valence electrons. The average Bonchev–Trinajstić information content (AvgIpc) is 2.86. The maximum atomic E-state index is 13.0. The number of carbonyl (C=O) groups is 4. The first-order valence-electron chi connectivity index (χ1n) is 10.1. The van der Waals surface area contributed by atoms with Gasteiger partial charge >= 0.3 is 0 Å². The van der Waals surface area contributed by atoms with Crippen molar-refractivity contribution in [2.45, 2.75) is 0 Å². The van der Waals surface area contributed by atoms with Crippen LogP contribution in [0, 0.1) is 0 Å². The first-order chi connectivity index (χ1) is 15.6. The zero-order valence-electron chi connectivity index (χ0n) is 16.9. The summed E-state index contributed by atoms with van der Waals surface area (Å²) in [6, 6.07) is 25.1. The fourth-order valence-electron chi connectivity index (χ4n) is 4.05. The van der Waals surface area contributed by atoms with Crippen molar-refractivity contribution in [3.05, 3.63) is 107 Å². The molecule has 4 heteroatoms. The predicted octanol–water partition coefficient (Wildman–Crippen LogP) is 5.69. The van der Waals surface area contributed by atoms with Crippen LogP contribution in [0.25, 0.3) is 33.4 Å². The molecule has 0 radical (unpaired) electrons. The van der Waals surface area contributed by atoms with Crippen molar-refractivity contribution in [1.29, 1.82) is 0 Å². The van der Waals surface area contributed by atoms with Crippen molar-refractivity contribution >= 4 is 24.1 Å². The topological polar surface area (TPSA) is 68.3 Å². The van der Waals surface area contributed by atoms with Crippen LogP contribution in [0.1, 0.15) is 41.4 Å². The Balaban J connectivity index is 1.58. The number of benzene rings is 4. The molecule has 32 heavy (non-hydrogen) atoms. The molecule has 0 saturated heterocycles. The Hall–Kier alpha value is -4.44. The van der Waals surface area contributed by atoms with E-state index in [-0.39, 0.29) is 0 Å². The monoisotopic (exact) mass is 416 g/mol. The van der Waals surface area contributed by atoms with Gasteiger partial charge in [-0.1, -0.05) is 72.8 Å². The molecular formula is C28H16O4. The lowest BCUT2D eigenvalue weighted by Crippen LogP contribution is -2.21. The van der Waals surface area contributed by atoms with Gasteiger partial charge in [0.1, 0.15) is 12.6 Å². The van der Waals surface area contributed by atoms with Gasteiger partial charge in [-0.25, -0.2) is 0 Å². The van der Waals surface area contributed by atoms with Crippen molar-refractivity contribution in [3.8, 4) is 33.4 Å². The van der Waals surface area contributed by atoms with Crippen LogP contribution in [0.15, 0.2) is 84.9 Å². The van der Waals surface area contributed by atoms with E-state index in [1.807, 2.05) is 48.5 Å². The predicted molar refractivity (Wildman–Crippen MR) is 122 cm³/mol. The van der Waals surface area contributed by atoms with Gasteiger partial charge in [-0.3, -0.25) is 19.2 Å². The standard InChI is InChI=1S/C28H16O4/c29-15-17-1-5-19(6-2-17)21-9-11-23-24-12-10-22(20-7-3-18(16-30)4-8-20)14-26(24)28(32)27(31)25(23)13-21/h1-16H. The number of hydrogen-bond acceptors (Lipinski definition) is 4. The summed E-state index contributed by atoms with van der Waals surface area (Å²) in [6.07, 6.45) is 1.56. The summed E-state index contributed by atoms with van der Waals surface area (Å²) in [5.41, 5.74) is 6.67. The number of hydrogen-bond donors (Lipinski definition) is 0. The molecule has 1 aliphatic carbocycles. The van der Waals surface area contributed by atoms with Crippen molar-refractivity contribution in [3.63, 3.8) is 0 Å². The van der Waals surface area contributed by atoms with E-state index < -0.39 is 11.6 Å². The van der Waals surface area contributed by atoms with Gasteiger partial charge in [0.15, 0.2) is 0 Å². The van der Waals surface area contributed by atoms with Gasteiger partial charge in [-0.15, -0.1) is 0 Å². The molecule has 0 unspecified atom stereocenters. The highest BCUT2D eigenvalue weighted by Gasteiger charge is 2.31. The molecule has 4 aromatic carbocycles. The molecule has 1 aliphatic rings. The Morgan fingerprint density at radius 1 is 0.406 bits per heavy atom. The van der Waals surface area contributed by atoms with Crippen molar-refractivity contribution < 1.29 is 19.2 Å². The molecule has 0 N–H and O–H groups in total. The maximum absolute atomic E-state index is 13.0. The normalized spacial score (nSPS) is 12.1. The van der Waals surface area contributed by atoms with Crippen molar-refractivity contribution in [1.82, 2.24) is 0 Å². The molecule has 0 bridgehead atoms. The quantitative estimate of drug-likeness (QED) is 0.316. The highest BCUT2D eigenvalue weighted by Crippen LogP contribution is 2.38. The van der Waals surface area contributed by atoms with E-state index >= 15 is 0 Å². The summed E-state index contributed by atoms with van der Waals surface area (Å²) in [5, 5.41) is 0. The van der Waals surface area contributed by atoms with E-state index in [1.165, 1.54) is 0 Å². The fraction of sp³-hybridized carbons (Fsp3) is 0. The smallest absolute Gasteiger partial charge is 0.234 e. The van der Waals surface area contributed by atoms with E-state index in [0.29, 0.717) is 22.3 Å². The molecule has 5 rings (SSSR count). The lowest BCUT2D eigenvalue weighted by molar-refractivity contribution is 0.0815. The molecule has 0 saturated carbocycles. The average molecular weight is 416 g/mol. The summed E-state index contributed by atoms with van der Waals surface area (Å²) in [7, 11) is 0. The second kappa shape index (κ2) is 7.67. The van der Waals surface area contributed by atoms with E-state index in [1.54, 1.807) is 36.4 Å². The van der Waals surface area contributed by atoms with Crippen LogP contribution in [0.5, 0.6) is 0 Å². The summed E-state index contributed by atoms with van der Waals surface area (Å²) in [6.45, 7) is 0. The Morgan fingerprint density at radius 3 is 1.09 bits per heavy atom. The van der Waals surface area contributed by atoms with Crippen LogP contribution in [0.2, 0.25) is 0 Å². The molecule has 0 heterocycles. The Labute approximate surface area is 184 Å². The summed E-state index contributed by atoms with van der Waals surface area (Å²) in [4.78, 5) is 47.7.